The number of oxazole rings is 1. The summed E-state index contributed by atoms with van der Waals surface area (Å²) in [6.45, 7) is 6.42. The Bertz CT molecular complexity index is 882. The van der Waals surface area contributed by atoms with Gasteiger partial charge < -0.3 is 9.73 Å². The molecule has 1 atom stereocenters. The van der Waals surface area contributed by atoms with Crippen LogP contribution in [0.3, 0.4) is 0 Å². The van der Waals surface area contributed by atoms with Gasteiger partial charge in [0.15, 0.2) is 11.7 Å². The summed E-state index contributed by atoms with van der Waals surface area (Å²) in [5.41, 5.74) is 3.42. The Morgan fingerprint density at radius 3 is 2.43 bits per heavy atom. The molecule has 0 aliphatic carbocycles. The normalized spacial score (nSPS) is 12.1. The SMILES string of the molecule is CC(C)Cc1ccc(-c2cnc(CCC(=O)N[C@H](C)c3ccccc3)o2)cc1. The van der Waals surface area contributed by atoms with Gasteiger partial charge in [-0.25, -0.2) is 4.98 Å². The van der Waals surface area contributed by atoms with Crippen molar-refractivity contribution in [3.05, 3.63) is 77.8 Å². The number of carbonyl (C=O) groups excluding carboxylic acids is 1. The van der Waals surface area contributed by atoms with Gasteiger partial charge in [0.2, 0.25) is 5.91 Å². The average molecular weight is 377 g/mol. The molecule has 1 amide bonds. The number of nitrogens with one attached hydrogen (secondary N) is 1. The molecule has 0 saturated carbocycles. The first kappa shape index (κ1) is 19.9. The molecule has 146 valence electrons. The molecule has 4 heteroatoms. The van der Waals surface area contributed by atoms with Crippen LogP contribution in [0.1, 0.15) is 50.3 Å². The number of benzene rings is 2. The molecule has 0 spiro atoms. The molecular weight excluding hydrogens is 348 g/mol. The molecule has 1 heterocycles. The van der Waals surface area contributed by atoms with E-state index in [1.807, 2.05) is 37.3 Å². The smallest absolute Gasteiger partial charge is 0.220 e. The molecule has 0 bridgehead atoms. The number of aryl methyl sites for hydroxylation is 1. The van der Waals surface area contributed by atoms with Crippen molar-refractivity contribution in [3.63, 3.8) is 0 Å². The fourth-order valence-electron chi connectivity index (χ4n) is 3.19. The summed E-state index contributed by atoms with van der Waals surface area (Å²) in [7, 11) is 0. The van der Waals surface area contributed by atoms with E-state index in [0.29, 0.717) is 24.7 Å². The summed E-state index contributed by atoms with van der Waals surface area (Å²) in [5.74, 6) is 1.96. The van der Waals surface area contributed by atoms with Crippen molar-refractivity contribution in [2.24, 2.45) is 5.92 Å². The van der Waals surface area contributed by atoms with E-state index in [2.05, 4.69) is 48.4 Å². The van der Waals surface area contributed by atoms with Crippen molar-refractivity contribution >= 4 is 5.91 Å². The second-order valence-corrected chi connectivity index (χ2v) is 7.61. The molecule has 3 aromatic rings. The molecule has 4 nitrogen and oxygen atoms in total. The maximum atomic E-state index is 12.2. The Morgan fingerprint density at radius 1 is 1.04 bits per heavy atom. The first-order valence-electron chi connectivity index (χ1n) is 9.89. The summed E-state index contributed by atoms with van der Waals surface area (Å²) in [6, 6.07) is 18.3. The lowest BCUT2D eigenvalue weighted by molar-refractivity contribution is -0.121. The number of rotatable bonds is 8. The average Bonchev–Trinajstić information content (AvgIpc) is 3.16. The lowest BCUT2D eigenvalue weighted by Crippen LogP contribution is -2.26. The fraction of sp³-hybridized carbons (Fsp3) is 0.333. The van der Waals surface area contributed by atoms with Crippen molar-refractivity contribution in [1.82, 2.24) is 10.3 Å². The highest BCUT2D eigenvalue weighted by atomic mass is 16.4. The summed E-state index contributed by atoms with van der Waals surface area (Å²) in [5, 5.41) is 3.02. The molecule has 0 unspecified atom stereocenters. The first-order valence-corrected chi connectivity index (χ1v) is 9.89. The second-order valence-electron chi connectivity index (χ2n) is 7.61. The molecule has 28 heavy (non-hydrogen) atoms. The topological polar surface area (TPSA) is 55.1 Å². The predicted octanol–water partition coefficient (Wildman–Crippen LogP) is 5.35. The first-order chi connectivity index (χ1) is 13.5. The van der Waals surface area contributed by atoms with Gasteiger partial charge in [0.05, 0.1) is 12.2 Å². The van der Waals surface area contributed by atoms with E-state index in [1.165, 1.54) is 5.56 Å². The summed E-state index contributed by atoms with van der Waals surface area (Å²) in [4.78, 5) is 16.5. The van der Waals surface area contributed by atoms with Crippen LogP contribution in [0.5, 0.6) is 0 Å². The van der Waals surface area contributed by atoms with Crippen molar-refractivity contribution in [2.45, 2.75) is 46.1 Å². The van der Waals surface area contributed by atoms with Crippen molar-refractivity contribution < 1.29 is 9.21 Å². The standard InChI is InChI=1S/C24H28N2O2/c1-17(2)15-19-9-11-21(12-10-19)22-16-25-24(28-22)14-13-23(27)26-18(3)20-7-5-4-6-8-20/h4-12,16-18H,13-15H2,1-3H3,(H,26,27)/t18-/m1/s1. The fourth-order valence-corrected chi connectivity index (χ4v) is 3.19. The predicted molar refractivity (Wildman–Crippen MR) is 112 cm³/mol. The molecule has 0 radical (unpaired) electrons. The molecule has 0 aliphatic rings. The minimum atomic E-state index is -0.0156. The van der Waals surface area contributed by atoms with Crippen LogP contribution in [0.2, 0.25) is 0 Å². The van der Waals surface area contributed by atoms with E-state index < -0.39 is 0 Å². The van der Waals surface area contributed by atoms with Crippen LogP contribution in [0.15, 0.2) is 65.2 Å². The zero-order valence-corrected chi connectivity index (χ0v) is 16.8. The van der Waals surface area contributed by atoms with Gasteiger partial charge in [0.25, 0.3) is 0 Å². The van der Waals surface area contributed by atoms with E-state index >= 15 is 0 Å². The third kappa shape index (κ3) is 5.56. The third-order valence-electron chi connectivity index (χ3n) is 4.68. The lowest BCUT2D eigenvalue weighted by Gasteiger charge is -2.13. The molecular formula is C24H28N2O2. The van der Waals surface area contributed by atoms with Crippen LogP contribution in [-0.2, 0) is 17.6 Å². The zero-order valence-electron chi connectivity index (χ0n) is 16.8. The Labute approximate surface area is 167 Å². The number of nitrogens with zero attached hydrogens (tertiary/aromatic N) is 1. The van der Waals surface area contributed by atoms with Gasteiger partial charge in [-0.2, -0.15) is 0 Å². The van der Waals surface area contributed by atoms with Crippen molar-refractivity contribution in [2.75, 3.05) is 0 Å². The van der Waals surface area contributed by atoms with E-state index in [1.54, 1.807) is 6.20 Å². The van der Waals surface area contributed by atoms with E-state index in [4.69, 9.17) is 4.42 Å². The molecule has 0 saturated heterocycles. The van der Waals surface area contributed by atoms with Crippen LogP contribution in [0.4, 0.5) is 0 Å². The number of hydrogen-bond donors (Lipinski definition) is 1. The Kier molecular flexibility index (Phi) is 6.64. The van der Waals surface area contributed by atoms with Gasteiger partial charge in [0, 0.05) is 18.4 Å². The van der Waals surface area contributed by atoms with Crippen LogP contribution >= 0.6 is 0 Å². The third-order valence-corrected chi connectivity index (χ3v) is 4.68. The van der Waals surface area contributed by atoms with Crippen LogP contribution in [0.25, 0.3) is 11.3 Å². The number of amides is 1. The molecule has 2 aromatic carbocycles. The van der Waals surface area contributed by atoms with E-state index in [0.717, 1.165) is 23.3 Å². The summed E-state index contributed by atoms with van der Waals surface area (Å²) < 4.78 is 5.84. The Balaban J connectivity index is 1.52. The largest absolute Gasteiger partial charge is 0.441 e. The van der Waals surface area contributed by atoms with Gasteiger partial charge in [0.1, 0.15) is 0 Å². The summed E-state index contributed by atoms with van der Waals surface area (Å²) in [6.07, 6.45) is 3.64. The molecule has 1 N–H and O–H groups in total. The maximum absolute atomic E-state index is 12.2. The monoisotopic (exact) mass is 376 g/mol. The highest BCUT2D eigenvalue weighted by Crippen LogP contribution is 2.22. The van der Waals surface area contributed by atoms with Gasteiger partial charge in [-0.15, -0.1) is 0 Å². The number of aromatic nitrogens is 1. The Hall–Kier alpha value is -2.88. The summed E-state index contributed by atoms with van der Waals surface area (Å²) >= 11 is 0. The van der Waals surface area contributed by atoms with Crippen molar-refractivity contribution in [3.8, 4) is 11.3 Å². The van der Waals surface area contributed by atoms with Crippen LogP contribution < -0.4 is 5.32 Å². The zero-order chi connectivity index (χ0) is 19.9. The van der Waals surface area contributed by atoms with Crippen molar-refractivity contribution in [1.29, 1.82) is 0 Å². The second kappa shape index (κ2) is 9.36. The van der Waals surface area contributed by atoms with Gasteiger partial charge in [-0.3, -0.25) is 4.79 Å². The highest BCUT2D eigenvalue weighted by Gasteiger charge is 2.12. The Morgan fingerprint density at radius 2 is 1.75 bits per heavy atom. The highest BCUT2D eigenvalue weighted by molar-refractivity contribution is 5.76. The molecule has 3 rings (SSSR count). The molecule has 1 aromatic heterocycles. The van der Waals surface area contributed by atoms with E-state index in [9.17, 15) is 4.79 Å². The quantitative estimate of drug-likeness (QED) is 0.576. The van der Waals surface area contributed by atoms with Gasteiger partial charge in [-0.05, 0) is 30.4 Å². The maximum Gasteiger partial charge on any atom is 0.220 e. The van der Waals surface area contributed by atoms with Crippen LogP contribution in [-0.4, -0.2) is 10.9 Å². The number of hydrogen-bond acceptors (Lipinski definition) is 3. The molecule has 0 fully saturated rings. The number of carbonyl (C=O) groups is 1. The van der Waals surface area contributed by atoms with E-state index in [-0.39, 0.29) is 11.9 Å². The minimum absolute atomic E-state index is 0.00542. The van der Waals surface area contributed by atoms with Gasteiger partial charge in [-0.1, -0.05) is 68.4 Å². The lowest BCUT2D eigenvalue weighted by atomic mass is 10.0. The minimum Gasteiger partial charge on any atom is -0.441 e. The van der Waals surface area contributed by atoms with Gasteiger partial charge >= 0.3 is 0 Å². The van der Waals surface area contributed by atoms with Crippen LogP contribution in [0, 0.1) is 5.92 Å². The molecule has 0 aliphatic heterocycles.